The molecule has 1 N–H and O–H groups in total. The molecule has 0 aromatic heterocycles. The van der Waals surface area contributed by atoms with Gasteiger partial charge in [-0.1, -0.05) is 24.0 Å². The molecule has 1 saturated heterocycles. The average Bonchev–Trinajstić information content (AvgIpc) is 2.61. The highest BCUT2D eigenvalue weighted by atomic mass is 16.5. The fourth-order valence-corrected chi connectivity index (χ4v) is 1.58. The van der Waals surface area contributed by atoms with Gasteiger partial charge < -0.3 is 9.84 Å². The second-order valence-corrected chi connectivity index (χ2v) is 3.85. The molecule has 0 bridgehead atoms. The van der Waals surface area contributed by atoms with Crippen LogP contribution in [0.1, 0.15) is 11.1 Å². The highest BCUT2D eigenvalue weighted by Crippen LogP contribution is 2.12. The summed E-state index contributed by atoms with van der Waals surface area (Å²) >= 11 is 0. The van der Waals surface area contributed by atoms with Gasteiger partial charge in [0.05, 0.1) is 25.2 Å². The highest BCUT2D eigenvalue weighted by molar-refractivity contribution is 5.37. The van der Waals surface area contributed by atoms with Crippen molar-refractivity contribution in [3.05, 3.63) is 35.4 Å². The van der Waals surface area contributed by atoms with E-state index < -0.39 is 6.10 Å². The molecule has 1 aromatic carbocycles. The van der Waals surface area contributed by atoms with Crippen LogP contribution in [0, 0.1) is 24.7 Å². The third kappa shape index (κ3) is 2.59. The second kappa shape index (κ2) is 4.48. The van der Waals surface area contributed by atoms with Gasteiger partial charge in [0.25, 0.3) is 0 Å². The number of ether oxygens (including phenoxy) is 1. The molecule has 1 aliphatic rings. The molecular weight excluding hydrogens is 188 g/mol. The van der Waals surface area contributed by atoms with Crippen LogP contribution in [-0.4, -0.2) is 24.4 Å². The molecule has 0 saturated carbocycles. The zero-order valence-corrected chi connectivity index (χ0v) is 8.73. The molecule has 1 aromatic rings. The minimum Gasteiger partial charge on any atom is -0.389 e. The number of aliphatic hydroxyl groups excluding tert-OH is 1. The van der Waals surface area contributed by atoms with Crippen LogP contribution in [-0.2, 0) is 4.74 Å². The SMILES string of the molecule is Cc1cccc(C#C[C@@H]2COC[C@H]2O)c1. The van der Waals surface area contributed by atoms with E-state index in [0.29, 0.717) is 13.2 Å². The van der Waals surface area contributed by atoms with Gasteiger partial charge in [0.15, 0.2) is 0 Å². The molecule has 2 atom stereocenters. The third-order valence-corrected chi connectivity index (χ3v) is 2.47. The molecule has 2 rings (SSSR count). The van der Waals surface area contributed by atoms with Crippen molar-refractivity contribution in [2.24, 2.45) is 5.92 Å². The molecule has 0 spiro atoms. The Bertz CT molecular complexity index is 400. The Kier molecular flexibility index (Phi) is 3.05. The predicted molar refractivity (Wildman–Crippen MR) is 58.4 cm³/mol. The topological polar surface area (TPSA) is 29.5 Å². The standard InChI is InChI=1S/C13H14O2/c1-10-3-2-4-11(7-10)5-6-12-8-15-9-13(12)14/h2-4,7,12-14H,8-9H2,1H3/t12-,13-/m1/s1. The quantitative estimate of drug-likeness (QED) is 0.643. The largest absolute Gasteiger partial charge is 0.389 e. The van der Waals surface area contributed by atoms with Crippen molar-refractivity contribution in [2.75, 3.05) is 13.2 Å². The van der Waals surface area contributed by atoms with Crippen LogP contribution in [0.15, 0.2) is 24.3 Å². The van der Waals surface area contributed by atoms with Gasteiger partial charge >= 0.3 is 0 Å². The van der Waals surface area contributed by atoms with Gasteiger partial charge in [0, 0.05) is 5.56 Å². The first kappa shape index (κ1) is 10.2. The van der Waals surface area contributed by atoms with Crippen molar-refractivity contribution in [3.8, 4) is 11.8 Å². The number of benzene rings is 1. The predicted octanol–water partition coefficient (Wildman–Crippen LogP) is 1.35. The fourth-order valence-electron chi connectivity index (χ4n) is 1.58. The van der Waals surface area contributed by atoms with E-state index in [1.807, 2.05) is 31.2 Å². The van der Waals surface area contributed by atoms with Crippen LogP contribution in [0.2, 0.25) is 0 Å². The maximum atomic E-state index is 9.49. The third-order valence-electron chi connectivity index (χ3n) is 2.47. The van der Waals surface area contributed by atoms with E-state index >= 15 is 0 Å². The molecule has 0 radical (unpaired) electrons. The zero-order chi connectivity index (χ0) is 10.7. The summed E-state index contributed by atoms with van der Waals surface area (Å²) in [5.74, 6) is 6.08. The van der Waals surface area contributed by atoms with E-state index in [4.69, 9.17) is 4.74 Å². The van der Waals surface area contributed by atoms with Crippen molar-refractivity contribution in [1.82, 2.24) is 0 Å². The van der Waals surface area contributed by atoms with Crippen LogP contribution in [0.25, 0.3) is 0 Å². The molecule has 0 aliphatic carbocycles. The number of aliphatic hydroxyl groups is 1. The number of rotatable bonds is 0. The van der Waals surface area contributed by atoms with Crippen LogP contribution in [0.5, 0.6) is 0 Å². The first-order chi connectivity index (χ1) is 7.25. The van der Waals surface area contributed by atoms with E-state index in [1.165, 1.54) is 5.56 Å². The summed E-state index contributed by atoms with van der Waals surface area (Å²) in [6, 6.07) is 8.04. The van der Waals surface area contributed by atoms with E-state index in [2.05, 4.69) is 11.8 Å². The maximum absolute atomic E-state index is 9.49. The lowest BCUT2D eigenvalue weighted by molar-refractivity contribution is 0.123. The van der Waals surface area contributed by atoms with Crippen molar-refractivity contribution in [2.45, 2.75) is 13.0 Å². The summed E-state index contributed by atoms with van der Waals surface area (Å²) in [5, 5.41) is 9.49. The first-order valence-corrected chi connectivity index (χ1v) is 5.10. The smallest absolute Gasteiger partial charge is 0.0933 e. The van der Waals surface area contributed by atoms with Crippen molar-refractivity contribution in [1.29, 1.82) is 0 Å². The molecule has 2 heteroatoms. The Balaban J connectivity index is 2.11. The Morgan fingerprint density at radius 1 is 1.40 bits per heavy atom. The number of hydrogen-bond acceptors (Lipinski definition) is 2. The van der Waals surface area contributed by atoms with Gasteiger partial charge in [0.2, 0.25) is 0 Å². The second-order valence-electron chi connectivity index (χ2n) is 3.85. The molecule has 0 amide bonds. The van der Waals surface area contributed by atoms with E-state index in [9.17, 15) is 5.11 Å². The van der Waals surface area contributed by atoms with Gasteiger partial charge in [-0.25, -0.2) is 0 Å². The van der Waals surface area contributed by atoms with Crippen LogP contribution in [0.3, 0.4) is 0 Å². The van der Waals surface area contributed by atoms with Crippen LogP contribution < -0.4 is 0 Å². The van der Waals surface area contributed by atoms with Crippen molar-refractivity contribution in [3.63, 3.8) is 0 Å². The van der Waals surface area contributed by atoms with E-state index in [-0.39, 0.29) is 5.92 Å². The monoisotopic (exact) mass is 202 g/mol. The Labute approximate surface area is 89.9 Å². The van der Waals surface area contributed by atoms with Gasteiger partial charge in [-0.2, -0.15) is 0 Å². The molecular formula is C13H14O2. The van der Waals surface area contributed by atoms with Crippen molar-refractivity contribution < 1.29 is 9.84 Å². The minimum atomic E-state index is -0.428. The summed E-state index contributed by atoms with van der Waals surface area (Å²) in [6.45, 7) is 2.99. The molecule has 1 aliphatic heterocycles. The van der Waals surface area contributed by atoms with Crippen LogP contribution >= 0.6 is 0 Å². The van der Waals surface area contributed by atoms with Gasteiger partial charge in [-0.05, 0) is 24.6 Å². The summed E-state index contributed by atoms with van der Waals surface area (Å²) in [4.78, 5) is 0. The molecule has 1 heterocycles. The summed E-state index contributed by atoms with van der Waals surface area (Å²) < 4.78 is 5.13. The summed E-state index contributed by atoms with van der Waals surface area (Å²) in [5.41, 5.74) is 2.19. The molecule has 1 fully saturated rings. The van der Waals surface area contributed by atoms with Gasteiger partial charge in [-0.15, -0.1) is 0 Å². The molecule has 15 heavy (non-hydrogen) atoms. The number of hydrogen-bond donors (Lipinski definition) is 1. The maximum Gasteiger partial charge on any atom is 0.0933 e. The minimum absolute atomic E-state index is 0.0366. The summed E-state index contributed by atoms with van der Waals surface area (Å²) in [6.07, 6.45) is -0.428. The zero-order valence-electron chi connectivity index (χ0n) is 8.73. The highest BCUT2D eigenvalue weighted by Gasteiger charge is 2.23. The van der Waals surface area contributed by atoms with Gasteiger partial charge in [-0.3, -0.25) is 0 Å². The van der Waals surface area contributed by atoms with Crippen molar-refractivity contribution >= 4 is 0 Å². The van der Waals surface area contributed by atoms with Crippen LogP contribution in [0.4, 0.5) is 0 Å². The molecule has 0 unspecified atom stereocenters. The lowest BCUT2D eigenvalue weighted by Gasteiger charge is -2.02. The Morgan fingerprint density at radius 3 is 2.93 bits per heavy atom. The normalized spacial score (nSPS) is 24.7. The fraction of sp³-hybridized carbons (Fsp3) is 0.385. The lowest BCUT2D eigenvalue weighted by Crippen LogP contribution is -2.15. The lowest BCUT2D eigenvalue weighted by atomic mass is 10.1. The molecule has 2 nitrogen and oxygen atoms in total. The van der Waals surface area contributed by atoms with E-state index in [0.717, 1.165) is 5.56 Å². The first-order valence-electron chi connectivity index (χ1n) is 5.10. The Hall–Kier alpha value is -1.30. The molecule has 78 valence electrons. The summed E-state index contributed by atoms with van der Waals surface area (Å²) in [7, 11) is 0. The Morgan fingerprint density at radius 2 is 2.27 bits per heavy atom. The van der Waals surface area contributed by atoms with E-state index in [1.54, 1.807) is 0 Å². The average molecular weight is 202 g/mol. The van der Waals surface area contributed by atoms with Gasteiger partial charge in [0.1, 0.15) is 0 Å². The number of aryl methyl sites for hydroxylation is 1.